The van der Waals surface area contributed by atoms with Gasteiger partial charge < -0.3 is 19.4 Å². The molecule has 7 heteroatoms. The number of nitrogens with zero attached hydrogens (tertiary/aromatic N) is 2. The van der Waals surface area contributed by atoms with E-state index in [2.05, 4.69) is 19.8 Å². The largest absolute Gasteiger partial charge is 0.586 e. The number of nitrogens with one attached hydrogen (secondary N) is 1. The van der Waals surface area contributed by atoms with Crippen molar-refractivity contribution < 1.29 is 18.3 Å². The number of halogens is 2. The van der Waals surface area contributed by atoms with Gasteiger partial charge in [0.05, 0.1) is 6.04 Å². The van der Waals surface area contributed by atoms with E-state index in [-0.39, 0.29) is 17.5 Å². The zero-order chi connectivity index (χ0) is 15.0. The molecule has 1 atom stereocenters. The topological polar surface area (TPSA) is 48.3 Å². The average Bonchev–Trinajstić information content (AvgIpc) is 2.96. The number of hydrogen-bond donors (Lipinski definition) is 1. The van der Waals surface area contributed by atoms with Gasteiger partial charge in [0.25, 0.3) is 0 Å². The molecule has 1 aliphatic heterocycles. The lowest BCUT2D eigenvalue weighted by atomic mass is 10.2. The first kappa shape index (κ1) is 13.8. The summed E-state index contributed by atoms with van der Waals surface area (Å²) in [5, 5.41) is 3.29. The molecule has 21 heavy (non-hydrogen) atoms. The summed E-state index contributed by atoms with van der Waals surface area (Å²) >= 11 is 0. The van der Waals surface area contributed by atoms with Gasteiger partial charge in [-0.3, -0.25) is 0 Å². The third-order valence-corrected chi connectivity index (χ3v) is 3.32. The molecule has 1 aromatic carbocycles. The number of hydrogen-bond acceptors (Lipinski definition) is 4. The van der Waals surface area contributed by atoms with Crippen molar-refractivity contribution in [2.75, 3.05) is 0 Å². The van der Waals surface area contributed by atoms with E-state index in [1.54, 1.807) is 18.3 Å². The van der Waals surface area contributed by atoms with E-state index >= 15 is 0 Å². The lowest BCUT2D eigenvalue weighted by Crippen LogP contribution is -2.25. The Hall–Kier alpha value is -2.15. The van der Waals surface area contributed by atoms with Crippen LogP contribution in [-0.2, 0) is 13.6 Å². The average molecular weight is 295 g/mol. The Labute approximate surface area is 120 Å². The van der Waals surface area contributed by atoms with Gasteiger partial charge in [0.2, 0.25) is 0 Å². The van der Waals surface area contributed by atoms with Crippen LogP contribution in [-0.4, -0.2) is 15.8 Å². The molecule has 0 fully saturated rings. The fraction of sp³-hybridized carbons (Fsp3) is 0.357. The second kappa shape index (κ2) is 5.00. The van der Waals surface area contributed by atoms with Gasteiger partial charge in [0.1, 0.15) is 5.82 Å². The van der Waals surface area contributed by atoms with Crippen LogP contribution in [0.3, 0.4) is 0 Å². The van der Waals surface area contributed by atoms with E-state index in [0.717, 1.165) is 11.4 Å². The molecule has 0 aliphatic carbocycles. The van der Waals surface area contributed by atoms with Gasteiger partial charge in [-0.15, -0.1) is 8.78 Å². The van der Waals surface area contributed by atoms with Crippen molar-refractivity contribution in [2.24, 2.45) is 7.05 Å². The summed E-state index contributed by atoms with van der Waals surface area (Å²) < 4.78 is 36.6. The number of rotatable bonds is 4. The van der Waals surface area contributed by atoms with Crippen molar-refractivity contribution in [3.63, 3.8) is 0 Å². The molecule has 1 aliphatic rings. The molecule has 2 aromatic rings. The number of aryl methyl sites for hydroxylation is 1. The van der Waals surface area contributed by atoms with Crippen molar-refractivity contribution >= 4 is 0 Å². The van der Waals surface area contributed by atoms with Gasteiger partial charge in [0, 0.05) is 26.0 Å². The normalized spacial score (nSPS) is 17.0. The fourth-order valence-electron chi connectivity index (χ4n) is 2.26. The molecule has 0 radical (unpaired) electrons. The highest BCUT2D eigenvalue weighted by Gasteiger charge is 2.43. The second-order valence-corrected chi connectivity index (χ2v) is 4.95. The molecule has 3 rings (SSSR count). The minimum absolute atomic E-state index is 0.0388. The Bertz CT molecular complexity index is 657. The molecule has 1 unspecified atom stereocenters. The molecule has 1 N–H and O–H groups in total. The summed E-state index contributed by atoms with van der Waals surface area (Å²) in [6, 6.07) is 4.80. The third kappa shape index (κ3) is 2.82. The molecular weight excluding hydrogens is 280 g/mol. The van der Waals surface area contributed by atoms with Gasteiger partial charge in [0.15, 0.2) is 11.5 Å². The molecule has 0 saturated carbocycles. The van der Waals surface area contributed by atoms with Crippen molar-refractivity contribution in [1.82, 2.24) is 14.9 Å². The highest BCUT2D eigenvalue weighted by atomic mass is 19.3. The number of aromatic nitrogens is 2. The number of benzene rings is 1. The van der Waals surface area contributed by atoms with Crippen molar-refractivity contribution in [1.29, 1.82) is 0 Å². The molecule has 0 saturated heterocycles. The van der Waals surface area contributed by atoms with Gasteiger partial charge in [-0.2, -0.15) is 0 Å². The Balaban J connectivity index is 1.66. The Morgan fingerprint density at radius 1 is 1.33 bits per heavy atom. The van der Waals surface area contributed by atoms with Crippen LogP contribution < -0.4 is 14.8 Å². The zero-order valence-corrected chi connectivity index (χ0v) is 11.6. The molecule has 0 amide bonds. The number of imidazole rings is 1. The van der Waals surface area contributed by atoms with Crippen LogP contribution in [0.5, 0.6) is 11.5 Å². The summed E-state index contributed by atoms with van der Waals surface area (Å²) in [4.78, 5) is 4.26. The van der Waals surface area contributed by atoms with Crippen molar-refractivity contribution in [3.8, 4) is 11.5 Å². The van der Waals surface area contributed by atoms with E-state index in [4.69, 9.17) is 0 Å². The Morgan fingerprint density at radius 3 is 2.81 bits per heavy atom. The smallest absolute Gasteiger partial charge is 0.395 e. The molecule has 112 valence electrons. The highest BCUT2D eigenvalue weighted by Crippen LogP contribution is 2.41. The second-order valence-electron chi connectivity index (χ2n) is 4.95. The van der Waals surface area contributed by atoms with Crippen LogP contribution in [0.15, 0.2) is 30.6 Å². The molecule has 2 heterocycles. The van der Waals surface area contributed by atoms with E-state index < -0.39 is 6.29 Å². The first-order chi connectivity index (χ1) is 9.94. The van der Waals surface area contributed by atoms with Crippen LogP contribution in [0.4, 0.5) is 8.78 Å². The zero-order valence-electron chi connectivity index (χ0n) is 11.6. The van der Waals surface area contributed by atoms with E-state index in [0.29, 0.717) is 6.54 Å². The van der Waals surface area contributed by atoms with E-state index in [1.165, 1.54) is 6.07 Å². The minimum atomic E-state index is -3.57. The Morgan fingerprint density at radius 2 is 2.10 bits per heavy atom. The van der Waals surface area contributed by atoms with Gasteiger partial charge in [-0.1, -0.05) is 6.07 Å². The van der Waals surface area contributed by atoms with E-state index in [9.17, 15) is 8.78 Å². The van der Waals surface area contributed by atoms with Crippen LogP contribution in [0.1, 0.15) is 24.4 Å². The highest BCUT2D eigenvalue weighted by molar-refractivity contribution is 5.45. The van der Waals surface area contributed by atoms with Crippen molar-refractivity contribution in [2.45, 2.75) is 25.8 Å². The summed E-state index contributed by atoms with van der Waals surface area (Å²) in [6.45, 7) is 2.50. The van der Waals surface area contributed by atoms with Crippen LogP contribution in [0.2, 0.25) is 0 Å². The monoisotopic (exact) mass is 295 g/mol. The number of ether oxygens (including phenoxy) is 2. The van der Waals surface area contributed by atoms with Gasteiger partial charge in [-0.25, -0.2) is 4.98 Å². The predicted octanol–water partition coefficient (Wildman–Crippen LogP) is 2.59. The SMILES string of the molecule is CC(NCc1ccc2c(c1)OC(F)(F)O2)c1nccn1C. The first-order valence-electron chi connectivity index (χ1n) is 6.54. The lowest BCUT2D eigenvalue weighted by molar-refractivity contribution is -0.286. The molecule has 1 aromatic heterocycles. The number of fused-ring (bicyclic) bond motifs is 1. The Kier molecular flexibility index (Phi) is 3.29. The lowest BCUT2D eigenvalue weighted by Gasteiger charge is -2.13. The number of alkyl halides is 2. The maximum absolute atomic E-state index is 12.9. The van der Waals surface area contributed by atoms with Crippen LogP contribution in [0.25, 0.3) is 0 Å². The van der Waals surface area contributed by atoms with Gasteiger partial charge in [-0.05, 0) is 24.6 Å². The maximum Gasteiger partial charge on any atom is 0.586 e. The standard InChI is InChI=1S/C14H15F2N3O2/c1-9(13-17-5-6-19(13)2)18-8-10-3-4-11-12(7-10)21-14(15,16)20-11/h3-7,9,18H,8H2,1-2H3. The quantitative estimate of drug-likeness (QED) is 0.942. The van der Waals surface area contributed by atoms with E-state index in [1.807, 2.05) is 24.7 Å². The van der Waals surface area contributed by atoms with Gasteiger partial charge >= 0.3 is 6.29 Å². The van der Waals surface area contributed by atoms with Crippen LogP contribution >= 0.6 is 0 Å². The summed E-state index contributed by atoms with van der Waals surface area (Å²) in [5.41, 5.74) is 0.830. The van der Waals surface area contributed by atoms with Crippen LogP contribution in [0, 0.1) is 0 Å². The first-order valence-corrected chi connectivity index (χ1v) is 6.54. The fourth-order valence-corrected chi connectivity index (χ4v) is 2.26. The summed E-state index contributed by atoms with van der Waals surface area (Å²) in [5.74, 6) is 1.02. The third-order valence-electron chi connectivity index (χ3n) is 3.32. The maximum atomic E-state index is 12.9. The predicted molar refractivity (Wildman–Crippen MR) is 71.1 cm³/mol. The minimum Gasteiger partial charge on any atom is -0.395 e. The molecule has 0 bridgehead atoms. The molecular formula is C14H15F2N3O2. The summed E-state index contributed by atoms with van der Waals surface area (Å²) in [6.07, 6.45) is 0.0287. The molecule has 0 spiro atoms. The van der Waals surface area contributed by atoms with Crippen molar-refractivity contribution in [3.05, 3.63) is 42.0 Å². The molecule has 5 nitrogen and oxygen atoms in total. The summed E-state index contributed by atoms with van der Waals surface area (Å²) in [7, 11) is 1.92.